The number of hydrogen-bond acceptors (Lipinski definition) is 5. The van der Waals surface area contributed by atoms with E-state index in [2.05, 4.69) is 51.6 Å². The van der Waals surface area contributed by atoms with E-state index >= 15 is 0 Å². The molecular formula is C14H21N5S. The molecular weight excluding hydrogens is 270 g/mol. The quantitative estimate of drug-likeness (QED) is 0.849. The molecule has 20 heavy (non-hydrogen) atoms. The third-order valence-corrected chi connectivity index (χ3v) is 5.01. The molecule has 0 bridgehead atoms. The van der Waals surface area contributed by atoms with Crippen LogP contribution in [0.15, 0.2) is 12.4 Å². The molecule has 1 fully saturated rings. The van der Waals surface area contributed by atoms with Crippen molar-refractivity contribution in [2.24, 2.45) is 5.92 Å². The SMILES string of the molecule is CCc1nccn1CC1CN(c2nnc(C(C)C)s2)C1. The van der Waals surface area contributed by atoms with Gasteiger partial charge < -0.3 is 9.47 Å². The minimum Gasteiger partial charge on any atom is -0.346 e. The summed E-state index contributed by atoms with van der Waals surface area (Å²) in [7, 11) is 0. The minimum atomic E-state index is 0.469. The average Bonchev–Trinajstić information content (AvgIpc) is 3.01. The molecule has 3 heterocycles. The van der Waals surface area contributed by atoms with Crippen LogP contribution in [0.5, 0.6) is 0 Å². The highest BCUT2D eigenvalue weighted by atomic mass is 32.1. The van der Waals surface area contributed by atoms with E-state index in [-0.39, 0.29) is 0 Å². The van der Waals surface area contributed by atoms with Crippen LogP contribution in [0.2, 0.25) is 0 Å². The second-order valence-corrected chi connectivity index (χ2v) is 6.69. The number of anilines is 1. The van der Waals surface area contributed by atoms with Crippen LogP contribution >= 0.6 is 11.3 Å². The number of aryl methyl sites for hydroxylation is 1. The number of nitrogens with zero attached hydrogens (tertiary/aromatic N) is 5. The molecule has 1 saturated heterocycles. The van der Waals surface area contributed by atoms with Crippen molar-refractivity contribution in [2.45, 2.75) is 39.7 Å². The second kappa shape index (κ2) is 5.52. The lowest BCUT2D eigenvalue weighted by molar-refractivity contribution is 0.352. The van der Waals surface area contributed by atoms with Gasteiger partial charge in [-0.3, -0.25) is 0 Å². The maximum Gasteiger partial charge on any atom is 0.208 e. The number of rotatable bonds is 5. The zero-order valence-electron chi connectivity index (χ0n) is 12.3. The molecule has 108 valence electrons. The number of imidazole rings is 1. The Bertz CT molecular complexity index is 568. The van der Waals surface area contributed by atoms with Crippen LogP contribution in [0.25, 0.3) is 0 Å². The molecule has 0 unspecified atom stereocenters. The van der Waals surface area contributed by atoms with Crippen molar-refractivity contribution in [1.29, 1.82) is 0 Å². The number of hydrogen-bond donors (Lipinski definition) is 0. The first-order valence-electron chi connectivity index (χ1n) is 7.25. The standard InChI is InChI=1S/C14H21N5S/c1-4-12-15-5-6-18(12)7-11-8-19(9-11)14-17-16-13(20-14)10(2)3/h5-6,10-11H,4,7-9H2,1-3H3. The van der Waals surface area contributed by atoms with Crippen molar-refractivity contribution in [3.05, 3.63) is 23.2 Å². The topological polar surface area (TPSA) is 46.8 Å². The van der Waals surface area contributed by atoms with Crippen LogP contribution in [0.3, 0.4) is 0 Å². The van der Waals surface area contributed by atoms with E-state index in [1.807, 2.05) is 6.20 Å². The monoisotopic (exact) mass is 291 g/mol. The predicted octanol–water partition coefficient (Wildman–Crippen LogP) is 2.56. The summed E-state index contributed by atoms with van der Waals surface area (Å²) in [5.74, 6) is 2.35. The summed E-state index contributed by atoms with van der Waals surface area (Å²) in [5, 5.41) is 10.8. The van der Waals surface area contributed by atoms with Crippen LogP contribution in [-0.4, -0.2) is 32.8 Å². The fraction of sp³-hybridized carbons (Fsp3) is 0.643. The smallest absolute Gasteiger partial charge is 0.208 e. The Morgan fingerprint density at radius 1 is 1.35 bits per heavy atom. The Morgan fingerprint density at radius 2 is 2.15 bits per heavy atom. The molecule has 1 aliphatic rings. The van der Waals surface area contributed by atoms with Crippen molar-refractivity contribution >= 4 is 16.5 Å². The Balaban J connectivity index is 1.56. The molecule has 0 saturated carbocycles. The Kier molecular flexibility index (Phi) is 3.74. The van der Waals surface area contributed by atoms with E-state index in [1.165, 1.54) is 5.82 Å². The summed E-state index contributed by atoms with van der Waals surface area (Å²) in [5.41, 5.74) is 0. The van der Waals surface area contributed by atoms with Gasteiger partial charge in [0.15, 0.2) is 0 Å². The van der Waals surface area contributed by atoms with E-state index in [4.69, 9.17) is 0 Å². The molecule has 0 atom stereocenters. The Labute approximate surface area is 123 Å². The fourth-order valence-electron chi connectivity index (χ4n) is 2.53. The van der Waals surface area contributed by atoms with E-state index in [0.717, 1.165) is 36.2 Å². The van der Waals surface area contributed by atoms with Crippen LogP contribution in [0.4, 0.5) is 5.13 Å². The van der Waals surface area contributed by atoms with Gasteiger partial charge in [0.05, 0.1) is 0 Å². The van der Waals surface area contributed by atoms with E-state index in [0.29, 0.717) is 11.8 Å². The first-order chi connectivity index (χ1) is 9.67. The molecule has 6 heteroatoms. The Morgan fingerprint density at radius 3 is 2.80 bits per heavy atom. The van der Waals surface area contributed by atoms with Gasteiger partial charge in [-0.05, 0) is 0 Å². The molecule has 5 nitrogen and oxygen atoms in total. The van der Waals surface area contributed by atoms with E-state index in [9.17, 15) is 0 Å². The zero-order chi connectivity index (χ0) is 14.1. The van der Waals surface area contributed by atoms with Crippen LogP contribution in [-0.2, 0) is 13.0 Å². The van der Waals surface area contributed by atoms with Gasteiger partial charge >= 0.3 is 0 Å². The van der Waals surface area contributed by atoms with Gasteiger partial charge in [0, 0.05) is 50.3 Å². The molecule has 0 aromatic carbocycles. The van der Waals surface area contributed by atoms with Crippen LogP contribution in [0.1, 0.15) is 37.5 Å². The maximum absolute atomic E-state index is 4.38. The van der Waals surface area contributed by atoms with Crippen molar-refractivity contribution < 1.29 is 0 Å². The first-order valence-corrected chi connectivity index (χ1v) is 8.07. The highest BCUT2D eigenvalue weighted by Crippen LogP contribution is 2.31. The predicted molar refractivity (Wildman–Crippen MR) is 81.3 cm³/mol. The summed E-state index contributed by atoms with van der Waals surface area (Å²) in [6.45, 7) is 9.70. The summed E-state index contributed by atoms with van der Waals surface area (Å²) in [6, 6.07) is 0. The summed E-state index contributed by atoms with van der Waals surface area (Å²) in [6.07, 6.45) is 4.98. The van der Waals surface area contributed by atoms with Gasteiger partial charge in [-0.1, -0.05) is 32.1 Å². The molecule has 0 aliphatic carbocycles. The lowest BCUT2D eigenvalue weighted by Gasteiger charge is -2.39. The molecule has 2 aromatic heterocycles. The summed E-state index contributed by atoms with van der Waals surface area (Å²) in [4.78, 5) is 6.71. The largest absolute Gasteiger partial charge is 0.346 e. The molecule has 0 radical (unpaired) electrons. The molecule has 0 N–H and O–H groups in total. The fourth-order valence-corrected chi connectivity index (χ4v) is 3.39. The van der Waals surface area contributed by atoms with Gasteiger partial charge in [0.1, 0.15) is 10.8 Å². The van der Waals surface area contributed by atoms with Crippen molar-refractivity contribution in [2.75, 3.05) is 18.0 Å². The first kappa shape index (κ1) is 13.5. The average molecular weight is 291 g/mol. The summed E-state index contributed by atoms with van der Waals surface area (Å²) < 4.78 is 2.28. The zero-order valence-corrected chi connectivity index (χ0v) is 13.1. The van der Waals surface area contributed by atoms with Gasteiger partial charge in [0.25, 0.3) is 0 Å². The van der Waals surface area contributed by atoms with Gasteiger partial charge in [0.2, 0.25) is 5.13 Å². The lowest BCUT2D eigenvalue weighted by atomic mass is 10.0. The molecule has 1 aliphatic heterocycles. The van der Waals surface area contributed by atoms with Crippen molar-refractivity contribution in [3.63, 3.8) is 0 Å². The van der Waals surface area contributed by atoms with Crippen LogP contribution < -0.4 is 4.90 Å². The van der Waals surface area contributed by atoms with E-state index in [1.54, 1.807) is 11.3 Å². The van der Waals surface area contributed by atoms with Crippen molar-refractivity contribution in [1.82, 2.24) is 19.7 Å². The third kappa shape index (κ3) is 2.57. The summed E-state index contributed by atoms with van der Waals surface area (Å²) >= 11 is 1.73. The normalized spacial score (nSPS) is 15.9. The Hall–Kier alpha value is -1.43. The van der Waals surface area contributed by atoms with Gasteiger partial charge in [-0.15, -0.1) is 10.2 Å². The van der Waals surface area contributed by atoms with Gasteiger partial charge in [-0.2, -0.15) is 0 Å². The third-order valence-electron chi connectivity index (χ3n) is 3.72. The maximum atomic E-state index is 4.38. The highest BCUT2D eigenvalue weighted by molar-refractivity contribution is 7.15. The van der Waals surface area contributed by atoms with Gasteiger partial charge in [-0.25, -0.2) is 4.98 Å². The van der Waals surface area contributed by atoms with E-state index < -0.39 is 0 Å². The van der Waals surface area contributed by atoms with Crippen LogP contribution in [0, 0.1) is 5.92 Å². The molecule has 0 spiro atoms. The number of aromatic nitrogens is 4. The molecule has 2 aromatic rings. The minimum absolute atomic E-state index is 0.469. The second-order valence-electron chi connectivity index (χ2n) is 5.70. The lowest BCUT2D eigenvalue weighted by Crippen LogP contribution is -2.48. The molecule has 0 amide bonds. The highest BCUT2D eigenvalue weighted by Gasteiger charge is 2.30. The molecule has 3 rings (SSSR count). The van der Waals surface area contributed by atoms with Crippen molar-refractivity contribution in [3.8, 4) is 0 Å².